The van der Waals surface area contributed by atoms with E-state index in [9.17, 15) is 9.59 Å². The minimum absolute atomic E-state index is 0.0266. The number of rotatable bonds is 6. The van der Waals surface area contributed by atoms with Crippen LogP contribution in [-0.2, 0) is 28.9 Å². The number of thiazole rings is 1. The number of aromatic nitrogens is 2. The number of carbonyl (C=O) groups excluding carboxylic acids is 2. The van der Waals surface area contributed by atoms with Crippen molar-refractivity contribution in [2.24, 2.45) is 5.92 Å². The average Bonchev–Trinajstić information content (AvgIpc) is 3.22. The van der Waals surface area contributed by atoms with E-state index in [4.69, 9.17) is 4.98 Å². The minimum atomic E-state index is 0.0266. The number of nitrogens with zero attached hydrogens (tertiary/aromatic N) is 4. The van der Waals surface area contributed by atoms with Gasteiger partial charge in [-0.15, -0.1) is 11.3 Å². The summed E-state index contributed by atoms with van der Waals surface area (Å²) in [5.41, 5.74) is 2.29. The predicted octanol–water partition coefficient (Wildman–Crippen LogP) is 2.06. The van der Waals surface area contributed by atoms with Gasteiger partial charge in [-0.05, 0) is 37.3 Å². The SMILES string of the molecule is CCC(=O)N1CCN(c2nc3c(s2)C[C@H](C(=O)NCCc2cccnc2)CC3)CC1. The Kier molecular flexibility index (Phi) is 6.62. The summed E-state index contributed by atoms with van der Waals surface area (Å²) in [6.07, 6.45) is 7.46. The Hall–Kier alpha value is -2.48. The number of anilines is 1. The molecular weight excluding hydrogens is 398 g/mol. The second-order valence-corrected chi connectivity index (χ2v) is 8.99. The molecule has 30 heavy (non-hydrogen) atoms. The number of carbonyl (C=O) groups is 2. The lowest BCUT2D eigenvalue weighted by molar-refractivity contribution is -0.131. The third-order valence-corrected chi connectivity index (χ3v) is 7.12. The van der Waals surface area contributed by atoms with Crippen LogP contribution in [0.25, 0.3) is 0 Å². The van der Waals surface area contributed by atoms with Crippen LogP contribution in [0.4, 0.5) is 5.13 Å². The molecule has 1 aliphatic carbocycles. The molecule has 0 aromatic carbocycles. The van der Waals surface area contributed by atoms with Gasteiger partial charge in [0, 0.05) is 62.3 Å². The number of amides is 2. The molecule has 4 rings (SSSR count). The predicted molar refractivity (Wildman–Crippen MR) is 118 cm³/mol. The molecule has 7 nitrogen and oxygen atoms in total. The standard InChI is InChI=1S/C22H29N5O2S/c1-2-20(28)26-10-12-27(13-11-26)22-25-18-6-5-17(14-19(18)30-22)21(29)24-9-7-16-4-3-8-23-15-16/h3-4,8,15,17H,2,5-7,9-14H2,1H3,(H,24,29)/t17-/m1/s1. The molecule has 1 saturated heterocycles. The number of pyridine rings is 1. The summed E-state index contributed by atoms with van der Waals surface area (Å²) in [4.78, 5) is 39.0. The number of nitrogens with one attached hydrogen (secondary N) is 1. The maximum absolute atomic E-state index is 12.6. The van der Waals surface area contributed by atoms with Gasteiger partial charge in [-0.25, -0.2) is 4.98 Å². The molecule has 1 N–H and O–H groups in total. The van der Waals surface area contributed by atoms with Crippen molar-refractivity contribution >= 4 is 28.3 Å². The fourth-order valence-corrected chi connectivity index (χ4v) is 5.35. The lowest BCUT2D eigenvalue weighted by atomic mass is 9.90. The number of aryl methyl sites for hydroxylation is 1. The zero-order valence-electron chi connectivity index (χ0n) is 17.5. The number of hydrogen-bond acceptors (Lipinski definition) is 6. The molecule has 0 radical (unpaired) electrons. The van der Waals surface area contributed by atoms with Crippen LogP contribution in [0.15, 0.2) is 24.5 Å². The van der Waals surface area contributed by atoms with Crippen molar-refractivity contribution in [3.8, 4) is 0 Å². The zero-order chi connectivity index (χ0) is 20.9. The van der Waals surface area contributed by atoms with Gasteiger partial charge in [0.05, 0.1) is 5.69 Å². The Morgan fingerprint density at radius 2 is 2.10 bits per heavy atom. The second kappa shape index (κ2) is 9.55. The molecule has 8 heteroatoms. The van der Waals surface area contributed by atoms with Gasteiger partial charge in [0.2, 0.25) is 11.8 Å². The first-order valence-corrected chi connectivity index (χ1v) is 11.6. The van der Waals surface area contributed by atoms with Gasteiger partial charge in [-0.1, -0.05) is 13.0 Å². The molecule has 0 unspecified atom stereocenters. The largest absolute Gasteiger partial charge is 0.356 e. The van der Waals surface area contributed by atoms with Crippen LogP contribution in [-0.4, -0.2) is 59.4 Å². The van der Waals surface area contributed by atoms with Crippen molar-refractivity contribution in [3.05, 3.63) is 40.7 Å². The maximum Gasteiger partial charge on any atom is 0.223 e. The van der Waals surface area contributed by atoms with Gasteiger partial charge in [-0.3, -0.25) is 14.6 Å². The van der Waals surface area contributed by atoms with E-state index >= 15 is 0 Å². The molecule has 160 valence electrons. The zero-order valence-corrected chi connectivity index (χ0v) is 18.3. The van der Waals surface area contributed by atoms with Crippen molar-refractivity contribution in [1.82, 2.24) is 20.2 Å². The molecule has 3 heterocycles. The Labute approximate surface area is 181 Å². The highest BCUT2D eigenvalue weighted by Crippen LogP contribution is 2.34. The summed E-state index contributed by atoms with van der Waals surface area (Å²) in [7, 11) is 0. The topological polar surface area (TPSA) is 78.4 Å². The normalized spacial score (nSPS) is 18.8. The van der Waals surface area contributed by atoms with Crippen LogP contribution < -0.4 is 10.2 Å². The van der Waals surface area contributed by atoms with Gasteiger partial charge in [0.25, 0.3) is 0 Å². The summed E-state index contributed by atoms with van der Waals surface area (Å²) in [6, 6.07) is 3.95. The Morgan fingerprint density at radius 1 is 1.27 bits per heavy atom. The van der Waals surface area contributed by atoms with Crippen LogP contribution in [0.2, 0.25) is 0 Å². The number of piperazine rings is 1. The van der Waals surface area contributed by atoms with E-state index in [0.29, 0.717) is 13.0 Å². The van der Waals surface area contributed by atoms with Crippen LogP contribution in [0, 0.1) is 5.92 Å². The second-order valence-electron chi connectivity index (χ2n) is 7.93. The summed E-state index contributed by atoms with van der Waals surface area (Å²) in [5, 5.41) is 4.14. The van der Waals surface area contributed by atoms with Crippen molar-refractivity contribution in [1.29, 1.82) is 0 Å². The van der Waals surface area contributed by atoms with Crippen LogP contribution in [0.1, 0.15) is 35.9 Å². The Morgan fingerprint density at radius 3 is 2.83 bits per heavy atom. The van der Waals surface area contributed by atoms with Crippen molar-refractivity contribution in [2.45, 2.75) is 39.0 Å². The van der Waals surface area contributed by atoms with Crippen LogP contribution in [0.3, 0.4) is 0 Å². The molecule has 2 aliphatic rings. The van der Waals surface area contributed by atoms with E-state index < -0.39 is 0 Å². The highest BCUT2D eigenvalue weighted by atomic mass is 32.1. The van der Waals surface area contributed by atoms with Crippen molar-refractivity contribution in [2.75, 3.05) is 37.6 Å². The minimum Gasteiger partial charge on any atom is -0.356 e. The summed E-state index contributed by atoms with van der Waals surface area (Å²) >= 11 is 1.72. The van der Waals surface area contributed by atoms with E-state index in [1.54, 1.807) is 17.5 Å². The molecule has 2 aromatic heterocycles. The van der Waals surface area contributed by atoms with E-state index in [1.165, 1.54) is 4.88 Å². The van der Waals surface area contributed by atoms with Crippen LogP contribution >= 0.6 is 11.3 Å². The molecule has 0 saturated carbocycles. The van der Waals surface area contributed by atoms with E-state index in [2.05, 4.69) is 15.2 Å². The fourth-order valence-electron chi connectivity index (χ4n) is 4.11. The monoisotopic (exact) mass is 427 g/mol. The molecule has 1 fully saturated rings. The lowest BCUT2D eigenvalue weighted by Gasteiger charge is -2.34. The first-order chi connectivity index (χ1) is 14.6. The van der Waals surface area contributed by atoms with Crippen LogP contribution in [0.5, 0.6) is 0 Å². The Balaban J connectivity index is 1.29. The lowest BCUT2D eigenvalue weighted by Crippen LogP contribution is -2.48. The average molecular weight is 428 g/mol. The Bertz CT molecular complexity index is 877. The van der Waals surface area contributed by atoms with Gasteiger partial charge in [0.1, 0.15) is 0 Å². The van der Waals surface area contributed by atoms with Gasteiger partial charge in [-0.2, -0.15) is 0 Å². The molecule has 1 atom stereocenters. The molecule has 2 amide bonds. The first kappa shape index (κ1) is 20.8. The third kappa shape index (κ3) is 4.80. The quantitative estimate of drug-likeness (QED) is 0.764. The molecule has 0 spiro atoms. The van der Waals surface area contributed by atoms with E-state index in [-0.39, 0.29) is 17.7 Å². The number of fused-ring (bicyclic) bond motifs is 1. The van der Waals surface area contributed by atoms with Gasteiger partial charge < -0.3 is 15.1 Å². The summed E-state index contributed by atoms with van der Waals surface area (Å²) < 4.78 is 0. The first-order valence-electron chi connectivity index (χ1n) is 10.8. The summed E-state index contributed by atoms with van der Waals surface area (Å²) in [6.45, 7) is 5.74. The van der Waals surface area contributed by atoms with E-state index in [1.807, 2.05) is 30.2 Å². The molecular formula is C22H29N5O2S. The van der Waals surface area contributed by atoms with Gasteiger partial charge in [0.15, 0.2) is 5.13 Å². The highest BCUT2D eigenvalue weighted by Gasteiger charge is 2.29. The highest BCUT2D eigenvalue weighted by molar-refractivity contribution is 7.15. The summed E-state index contributed by atoms with van der Waals surface area (Å²) in [5.74, 6) is 0.398. The van der Waals surface area contributed by atoms with Gasteiger partial charge >= 0.3 is 0 Å². The smallest absolute Gasteiger partial charge is 0.223 e. The maximum atomic E-state index is 12.6. The van der Waals surface area contributed by atoms with Crippen molar-refractivity contribution in [3.63, 3.8) is 0 Å². The number of hydrogen-bond donors (Lipinski definition) is 1. The van der Waals surface area contributed by atoms with Crippen molar-refractivity contribution < 1.29 is 9.59 Å². The molecule has 0 bridgehead atoms. The van der Waals surface area contributed by atoms with E-state index in [0.717, 1.165) is 68.3 Å². The third-order valence-electron chi connectivity index (χ3n) is 5.94. The fraction of sp³-hybridized carbons (Fsp3) is 0.545. The molecule has 2 aromatic rings. The molecule has 1 aliphatic heterocycles.